The summed E-state index contributed by atoms with van der Waals surface area (Å²) in [5.74, 6) is -1.15. The lowest BCUT2D eigenvalue weighted by molar-refractivity contribution is -0.136. The van der Waals surface area contributed by atoms with Crippen LogP contribution in [0.25, 0.3) is 0 Å². The van der Waals surface area contributed by atoms with Crippen LogP contribution in [0.2, 0.25) is 0 Å². The Kier molecular flexibility index (Phi) is 5.95. The zero-order chi connectivity index (χ0) is 15.8. The standard InChI is InChI=1S/C18H20FNO2/c19-16-9-4-10-17(14-16)20(13-11-18(21)22)12-5-8-15-6-2-1-3-7-15/h1-4,6-7,9-10,14H,5,8,11-13H2,(H,21,22). The Balaban J connectivity index is 1.96. The SMILES string of the molecule is O=C(O)CCN(CCCc1ccccc1)c1cccc(F)c1. The van der Waals surface area contributed by atoms with E-state index >= 15 is 0 Å². The fourth-order valence-electron chi connectivity index (χ4n) is 2.39. The van der Waals surface area contributed by atoms with E-state index in [9.17, 15) is 9.18 Å². The second kappa shape index (κ2) is 8.17. The summed E-state index contributed by atoms with van der Waals surface area (Å²) in [6.45, 7) is 1.08. The number of nitrogens with zero attached hydrogens (tertiary/aromatic N) is 1. The molecule has 2 rings (SSSR count). The zero-order valence-corrected chi connectivity index (χ0v) is 12.4. The lowest BCUT2D eigenvalue weighted by Crippen LogP contribution is -2.27. The van der Waals surface area contributed by atoms with Crippen LogP contribution in [0, 0.1) is 5.82 Å². The third-order valence-corrected chi connectivity index (χ3v) is 3.51. The summed E-state index contributed by atoms with van der Waals surface area (Å²) in [5, 5.41) is 8.87. The number of carbonyl (C=O) groups is 1. The van der Waals surface area contributed by atoms with Crippen LogP contribution in [0.1, 0.15) is 18.4 Å². The highest BCUT2D eigenvalue weighted by Crippen LogP contribution is 2.17. The average Bonchev–Trinajstić information content (AvgIpc) is 2.51. The zero-order valence-electron chi connectivity index (χ0n) is 12.4. The highest BCUT2D eigenvalue weighted by Gasteiger charge is 2.09. The van der Waals surface area contributed by atoms with Crippen LogP contribution < -0.4 is 4.90 Å². The molecule has 0 bridgehead atoms. The van der Waals surface area contributed by atoms with Gasteiger partial charge >= 0.3 is 5.97 Å². The molecule has 0 fully saturated rings. The Labute approximate surface area is 130 Å². The lowest BCUT2D eigenvalue weighted by atomic mass is 10.1. The molecule has 2 aromatic rings. The monoisotopic (exact) mass is 301 g/mol. The number of aliphatic carboxylic acids is 1. The fourth-order valence-corrected chi connectivity index (χ4v) is 2.39. The number of halogens is 1. The summed E-state index contributed by atoms with van der Waals surface area (Å²) >= 11 is 0. The first kappa shape index (κ1) is 16.0. The smallest absolute Gasteiger partial charge is 0.305 e. The fraction of sp³-hybridized carbons (Fsp3) is 0.278. The summed E-state index contributed by atoms with van der Waals surface area (Å²) in [6.07, 6.45) is 1.85. The van der Waals surface area contributed by atoms with E-state index in [1.165, 1.54) is 17.7 Å². The molecule has 0 saturated carbocycles. The van der Waals surface area contributed by atoms with Gasteiger partial charge in [-0.15, -0.1) is 0 Å². The van der Waals surface area contributed by atoms with Crippen LogP contribution >= 0.6 is 0 Å². The average molecular weight is 301 g/mol. The molecule has 0 heterocycles. The Hall–Kier alpha value is -2.36. The van der Waals surface area contributed by atoms with E-state index in [1.807, 2.05) is 29.2 Å². The van der Waals surface area contributed by atoms with Crippen molar-refractivity contribution in [2.75, 3.05) is 18.0 Å². The van der Waals surface area contributed by atoms with Crippen LogP contribution in [0.15, 0.2) is 54.6 Å². The molecule has 0 aliphatic rings. The maximum absolute atomic E-state index is 13.4. The van der Waals surface area contributed by atoms with Crippen molar-refractivity contribution in [3.8, 4) is 0 Å². The number of aryl methyl sites for hydroxylation is 1. The van der Waals surface area contributed by atoms with Crippen LogP contribution in [-0.2, 0) is 11.2 Å². The predicted molar refractivity (Wildman–Crippen MR) is 85.6 cm³/mol. The summed E-state index contributed by atoms with van der Waals surface area (Å²) in [7, 11) is 0. The number of benzene rings is 2. The maximum Gasteiger partial charge on any atom is 0.305 e. The Morgan fingerprint density at radius 1 is 1.05 bits per heavy atom. The van der Waals surface area contributed by atoms with Crippen molar-refractivity contribution in [2.45, 2.75) is 19.3 Å². The van der Waals surface area contributed by atoms with Gasteiger partial charge in [-0.1, -0.05) is 36.4 Å². The molecule has 3 nitrogen and oxygen atoms in total. The topological polar surface area (TPSA) is 40.5 Å². The largest absolute Gasteiger partial charge is 0.481 e. The molecule has 2 aromatic carbocycles. The Morgan fingerprint density at radius 3 is 2.50 bits per heavy atom. The number of anilines is 1. The molecule has 0 atom stereocenters. The van der Waals surface area contributed by atoms with Crippen LogP contribution in [0.4, 0.5) is 10.1 Å². The summed E-state index contributed by atoms with van der Waals surface area (Å²) < 4.78 is 13.4. The van der Waals surface area contributed by atoms with Crippen molar-refractivity contribution in [3.63, 3.8) is 0 Å². The molecule has 0 aliphatic carbocycles. The van der Waals surface area contributed by atoms with Crippen LogP contribution in [0.5, 0.6) is 0 Å². The summed E-state index contributed by atoms with van der Waals surface area (Å²) in [4.78, 5) is 12.7. The first-order valence-corrected chi connectivity index (χ1v) is 7.41. The number of carboxylic acid groups (broad SMARTS) is 1. The highest BCUT2D eigenvalue weighted by molar-refractivity contribution is 5.67. The van der Waals surface area contributed by atoms with Gasteiger partial charge in [0.15, 0.2) is 0 Å². The minimum atomic E-state index is -0.843. The molecular weight excluding hydrogens is 281 g/mol. The van der Waals surface area contributed by atoms with E-state index in [0.29, 0.717) is 13.1 Å². The van der Waals surface area contributed by atoms with Gasteiger partial charge in [0, 0.05) is 18.8 Å². The van der Waals surface area contributed by atoms with Gasteiger partial charge in [-0.2, -0.15) is 0 Å². The van der Waals surface area contributed by atoms with Gasteiger partial charge in [-0.05, 0) is 36.6 Å². The van der Waals surface area contributed by atoms with E-state index in [4.69, 9.17) is 5.11 Å². The Bertz CT molecular complexity index is 601. The molecule has 4 heteroatoms. The molecule has 0 spiro atoms. The highest BCUT2D eigenvalue weighted by atomic mass is 19.1. The van der Waals surface area contributed by atoms with Gasteiger partial charge in [0.05, 0.1) is 6.42 Å². The van der Waals surface area contributed by atoms with Gasteiger partial charge in [-0.3, -0.25) is 4.79 Å². The molecule has 0 aromatic heterocycles. The first-order valence-electron chi connectivity index (χ1n) is 7.41. The third-order valence-electron chi connectivity index (χ3n) is 3.51. The quantitative estimate of drug-likeness (QED) is 0.807. The minimum absolute atomic E-state index is 0.0435. The minimum Gasteiger partial charge on any atom is -0.481 e. The molecule has 1 N–H and O–H groups in total. The van der Waals surface area contributed by atoms with Crippen molar-refractivity contribution < 1.29 is 14.3 Å². The molecular formula is C18H20FNO2. The molecule has 0 amide bonds. The molecule has 116 valence electrons. The maximum atomic E-state index is 13.4. The van der Waals surface area contributed by atoms with Crippen molar-refractivity contribution in [2.24, 2.45) is 0 Å². The van der Waals surface area contributed by atoms with Crippen LogP contribution in [0.3, 0.4) is 0 Å². The van der Waals surface area contributed by atoms with E-state index in [0.717, 1.165) is 18.5 Å². The molecule has 0 radical (unpaired) electrons. The molecule has 0 unspecified atom stereocenters. The predicted octanol–water partition coefficient (Wildman–Crippen LogP) is 3.74. The van der Waals surface area contributed by atoms with Crippen molar-refractivity contribution in [3.05, 3.63) is 66.0 Å². The van der Waals surface area contributed by atoms with Gasteiger partial charge in [0.25, 0.3) is 0 Å². The van der Waals surface area contributed by atoms with Gasteiger partial charge in [0.1, 0.15) is 5.82 Å². The molecule has 0 aliphatic heterocycles. The van der Waals surface area contributed by atoms with Crippen molar-refractivity contribution in [1.82, 2.24) is 0 Å². The van der Waals surface area contributed by atoms with E-state index < -0.39 is 5.97 Å². The third kappa shape index (κ3) is 5.20. The summed E-state index contributed by atoms with van der Waals surface area (Å²) in [6, 6.07) is 16.4. The number of hydrogen-bond acceptors (Lipinski definition) is 2. The van der Waals surface area contributed by atoms with Crippen molar-refractivity contribution in [1.29, 1.82) is 0 Å². The van der Waals surface area contributed by atoms with E-state index in [-0.39, 0.29) is 12.2 Å². The Morgan fingerprint density at radius 2 is 1.82 bits per heavy atom. The van der Waals surface area contributed by atoms with Crippen molar-refractivity contribution >= 4 is 11.7 Å². The second-order valence-corrected chi connectivity index (χ2v) is 5.20. The second-order valence-electron chi connectivity index (χ2n) is 5.20. The normalized spacial score (nSPS) is 10.4. The first-order chi connectivity index (χ1) is 10.6. The number of carboxylic acids is 1. The number of hydrogen-bond donors (Lipinski definition) is 1. The lowest BCUT2D eigenvalue weighted by Gasteiger charge is -2.24. The molecule has 22 heavy (non-hydrogen) atoms. The molecule has 0 saturated heterocycles. The number of rotatable bonds is 8. The van der Waals surface area contributed by atoms with Gasteiger partial charge < -0.3 is 10.0 Å². The van der Waals surface area contributed by atoms with Gasteiger partial charge in [0.2, 0.25) is 0 Å². The van der Waals surface area contributed by atoms with E-state index in [1.54, 1.807) is 6.07 Å². The summed E-state index contributed by atoms with van der Waals surface area (Å²) in [5.41, 5.74) is 1.98. The van der Waals surface area contributed by atoms with E-state index in [2.05, 4.69) is 12.1 Å². The van der Waals surface area contributed by atoms with Gasteiger partial charge in [-0.25, -0.2) is 4.39 Å². The van der Waals surface area contributed by atoms with Crippen LogP contribution in [-0.4, -0.2) is 24.2 Å².